The van der Waals surface area contributed by atoms with Crippen molar-refractivity contribution in [3.8, 4) is 0 Å². The number of hydrogen-bond acceptors (Lipinski definition) is 1. The van der Waals surface area contributed by atoms with Crippen molar-refractivity contribution in [1.29, 1.82) is 0 Å². The zero-order valence-corrected chi connectivity index (χ0v) is 19.0. The molecule has 5 rings (SSSR count). The van der Waals surface area contributed by atoms with Gasteiger partial charge in [0.15, 0.2) is 0 Å². The number of benzene rings is 4. The van der Waals surface area contributed by atoms with Crippen molar-refractivity contribution < 1.29 is 0 Å². The van der Waals surface area contributed by atoms with Crippen LogP contribution in [0.4, 0.5) is 0 Å². The molecule has 2 N–H and O–H groups in total. The highest BCUT2D eigenvalue weighted by Gasteiger charge is 2.29. The molecule has 0 radical (unpaired) electrons. The second-order valence-electron chi connectivity index (χ2n) is 9.91. The van der Waals surface area contributed by atoms with E-state index in [4.69, 9.17) is 5.73 Å². The predicted molar refractivity (Wildman–Crippen MR) is 134 cm³/mol. The second-order valence-corrected chi connectivity index (χ2v) is 9.91. The first-order valence-corrected chi connectivity index (χ1v) is 11.6. The van der Waals surface area contributed by atoms with E-state index in [9.17, 15) is 0 Å². The van der Waals surface area contributed by atoms with Crippen molar-refractivity contribution in [2.75, 3.05) is 0 Å². The average Bonchev–Trinajstić information content (AvgIpc) is 2.73. The topological polar surface area (TPSA) is 26.0 Å². The fourth-order valence-electron chi connectivity index (χ4n) is 5.22. The monoisotopic (exact) mass is 417 g/mol. The summed E-state index contributed by atoms with van der Waals surface area (Å²) in [6.07, 6.45) is 2.82. The molecule has 0 heterocycles. The Labute approximate surface area is 191 Å². The molecule has 1 aliphatic rings. The molecule has 0 spiro atoms. The van der Waals surface area contributed by atoms with Crippen LogP contribution in [0, 0.1) is 0 Å². The van der Waals surface area contributed by atoms with Crippen molar-refractivity contribution in [3.05, 3.63) is 142 Å². The minimum Gasteiger partial charge on any atom is -0.325 e. The highest BCUT2D eigenvalue weighted by molar-refractivity contribution is 5.43. The highest BCUT2D eigenvalue weighted by atomic mass is 14.7. The van der Waals surface area contributed by atoms with Gasteiger partial charge in [-0.05, 0) is 77.6 Å². The van der Waals surface area contributed by atoms with Gasteiger partial charge in [-0.25, -0.2) is 0 Å². The van der Waals surface area contributed by atoms with Crippen LogP contribution in [-0.4, -0.2) is 5.54 Å². The summed E-state index contributed by atoms with van der Waals surface area (Å²) in [7, 11) is 0. The Kier molecular flexibility index (Phi) is 5.45. The molecule has 8 bridgehead atoms. The van der Waals surface area contributed by atoms with Crippen LogP contribution in [0.3, 0.4) is 0 Å². The summed E-state index contributed by atoms with van der Waals surface area (Å²) < 4.78 is 0. The third-order valence-corrected chi connectivity index (χ3v) is 6.52. The highest BCUT2D eigenvalue weighted by Crippen LogP contribution is 2.35. The van der Waals surface area contributed by atoms with Crippen molar-refractivity contribution in [1.82, 2.24) is 0 Å². The minimum absolute atomic E-state index is 0.132. The first-order valence-electron chi connectivity index (χ1n) is 11.6. The first-order chi connectivity index (χ1) is 15.4. The van der Waals surface area contributed by atoms with Crippen molar-refractivity contribution in [3.63, 3.8) is 0 Å². The van der Waals surface area contributed by atoms with Crippen LogP contribution in [0.5, 0.6) is 0 Å². The van der Waals surface area contributed by atoms with Crippen LogP contribution >= 0.6 is 0 Å². The van der Waals surface area contributed by atoms with Crippen LogP contribution in [0.1, 0.15) is 64.3 Å². The standard InChI is InChI=1S/C31H31N/c1-31(2,32)30-28-13-5-11-26(20-28)18-24-9-3-7-22(16-24)15-23-8-4-10-25(17-23)19-27-12-6-14-29(30)21-27/h3-14,16-17,20-21,30H,15,18-19,32H2,1-2H3. The van der Waals surface area contributed by atoms with Gasteiger partial charge in [0, 0.05) is 11.5 Å². The van der Waals surface area contributed by atoms with E-state index in [1.54, 1.807) is 0 Å². The molecule has 0 saturated heterocycles. The van der Waals surface area contributed by atoms with Gasteiger partial charge in [0.25, 0.3) is 0 Å². The van der Waals surface area contributed by atoms with Crippen LogP contribution in [0.15, 0.2) is 97.1 Å². The second kappa shape index (κ2) is 8.41. The summed E-state index contributed by atoms with van der Waals surface area (Å²) >= 11 is 0. The van der Waals surface area contributed by atoms with Crippen molar-refractivity contribution in [2.45, 2.75) is 44.6 Å². The molecule has 1 aliphatic carbocycles. The molecule has 0 atom stereocenters. The Morgan fingerprint density at radius 1 is 0.531 bits per heavy atom. The quantitative estimate of drug-likeness (QED) is 0.369. The van der Waals surface area contributed by atoms with Gasteiger partial charge in [-0.2, -0.15) is 0 Å². The summed E-state index contributed by atoms with van der Waals surface area (Å²) in [6, 6.07) is 36.1. The van der Waals surface area contributed by atoms with E-state index >= 15 is 0 Å². The van der Waals surface area contributed by atoms with E-state index in [0.29, 0.717) is 0 Å². The third-order valence-electron chi connectivity index (χ3n) is 6.52. The molecule has 0 saturated carbocycles. The fraction of sp³-hybridized carbons (Fsp3) is 0.226. The Balaban J connectivity index is 1.68. The SMILES string of the molecule is CC(C)(N)C1c2cccc(c2)Cc2cccc(c2)Cc2cccc(c2)Cc2cccc1c2. The van der Waals surface area contributed by atoms with Crippen molar-refractivity contribution in [2.24, 2.45) is 5.73 Å². The summed E-state index contributed by atoms with van der Waals surface area (Å²) in [5.74, 6) is 0.132. The first kappa shape index (κ1) is 20.7. The molecule has 4 aromatic carbocycles. The summed E-state index contributed by atoms with van der Waals surface area (Å²) in [5, 5.41) is 0. The van der Waals surface area contributed by atoms with E-state index < -0.39 is 0 Å². The maximum absolute atomic E-state index is 6.78. The smallest absolute Gasteiger partial charge is 0.0264 e. The molecule has 1 nitrogen and oxygen atoms in total. The van der Waals surface area contributed by atoms with Gasteiger partial charge in [0.05, 0.1) is 0 Å². The molecule has 0 unspecified atom stereocenters. The third kappa shape index (κ3) is 4.54. The van der Waals surface area contributed by atoms with Gasteiger partial charge in [-0.3, -0.25) is 0 Å². The van der Waals surface area contributed by atoms with E-state index in [1.165, 1.54) is 44.5 Å². The Morgan fingerprint density at radius 2 is 0.844 bits per heavy atom. The van der Waals surface area contributed by atoms with Crippen LogP contribution in [0.2, 0.25) is 0 Å². The van der Waals surface area contributed by atoms with Crippen LogP contribution in [-0.2, 0) is 19.3 Å². The number of nitrogens with two attached hydrogens (primary N) is 1. The van der Waals surface area contributed by atoms with Crippen LogP contribution in [0.25, 0.3) is 0 Å². The zero-order chi connectivity index (χ0) is 22.1. The lowest BCUT2D eigenvalue weighted by molar-refractivity contribution is 0.456. The summed E-state index contributed by atoms with van der Waals surface area (Å²) in [5.41, 5.74) is 17.1. The minimum atomic E-state index is -0.373. The molecule has 4 aromatic rings. The lowest BCUT2D eigenvalue weighted by Crippen LogP contribution is -2.40. The van der Waals surface area contributed by atoms with Crippen LogP contribution < -0.4 is 5.73 Å². The lowest BCUT2D eigenvalue weighted by atomic mass is 9.76. The lowest BCUT2D eigenvalue weighted by Gasteiger charge is -2.32. The molecule has 32 heavy (non-hydrogen) atoms. The molecule has 0 amide bonds. The fourth-order valence-corrected chi connectivity index (χ4v) is 5.22. The number of hydrogen-bond donors (Lipinski definition) is 1. The van der Waals surface area contributed by atoms with E-state index in [-0.39, 0.29) is 11.5 Å². The van der Waals surface area contributed by atoms with Gasteiger partial charge in [-0.1, -0.05) is 97.1 Å². The molecule has 160 valence electrons. The molecular formula is C31H31N. The zero-order valence-electron chi connectivity index (χ0n) is 19.0. The Bertz CT molecular complexity index is 1150. The maximum Gasteiger partial charge on any atom is 0.0264 e. The molecule has 0 fully saturated rings. The number of fused-ring (bicyclic) bond motifs is 8. The van der Waals surface area contributed by atoms with Gasteiger partial charge >= 0.3 is 0 Å². The van der Waals surface area contributed by atoms with Gasteiger partial charge < -0.3 is 5.73 Å². The molecule has 1 heteroatoms. The van der Waals surface area contributed by atoms with Gasteiger partial charge in [0.2, 0.25) is 0 Å². The Morgan fingerprint density at radius 3 is 1.19 bits per heavy atom. The molecule has 0 aromatic heterocycles. The number of rotatable bonds is 1. The molecule has 0 aliphatic heterocycles. The van der Waals surface area contributed by atoms with E-state index in [0.717, 1.165) is 19.3 Å². The normalized spacial score (nSPS) is 14.2. The van der Waals surface area contributed by atoms with E-state index in [2.05, 4.69) is 111 Å². The largest absolute Gasteiger partial charge is 0.325 e. The Hall–Kier alpha value is -3.16. The molecular weight excluding hydrogens is 386 g/mol. The predicted octanol–water partition coefficient (Wildman–Crippen LogP) is 6.64. The van der Waals surface area contributed by atoms with Gasteiger partial charge in [0.1, 0.15) is 0 Å². The van der Waals surface area contributed by atoms with Crippen molar-refractivity contribution >= 4 is 0 Å². The summed E-state index contributed by atoms with van der Waals surface area (Å²) in [4.78, 5) is 0. The van der Waals surface area contributed by atoms with Gasteiger partial charge in [-0.15, -0.1) is 0 Å². The maximum atomic E-state index is 6.78. The average molecular weight is 418 g/mol. The van der Waals surface area contributed by atoms with E-state index in [1.807, 2.05) is 0 Å². The summed E-state index contributed by atoms with van der Waals surface area (Å²) in [6.45, 7) is 4.28.